The number of rotatable bonds is 3. The van der Waals surface area contributed by atoms with Crippen molar-refractivity contribution >= 4 is 52.3 Å². The number of hydrogen-bond acceptors (Lipinski definition) is 5. The summed E-state index contributed by atoms with van der Waals surface area (Å²) in [6.07, 6.45) is 0. The van der Waals surface area contributed by atoms with E-state index >= 15 is 0 Å². The van der Waals surface area contributed by atoms with Crippen LogP contribution in [-0.4, -0.2) is 21.9 Å². The second kappa shape index (κ2) is 6.78. The quantitative estimate of drug-likeness (QED) is 0.714. The molecule has 23 heavy (non-hydrogen) atoms. The molecule has 2 aromatic rings. The number of carbonyl (C=O) groups excluding carboxylic acids is 1. The molecule has 0 unspecified atom stereocenters. The van der Waals surface area contributed by atoms with Gasteiger partial charge in [0.1, 0.15) is 5.69 Å². The molecule has 122 valence electrons. The van der Waals surface area contributed by atoms with Crippen LogP contribution in [0.25, 0.3) is 11.3 Å². The second-order valence-corrected chi connectivity index (χ2v) is 6.29. The molecular weight excluding hydrogens is 361 g/mol. The van der Waals surface area contributed by atoms with Crippen LogP contribution in [0.15, 0.2) is 12.1 Å². The monoisotopic (exact) mass is 373 g/mol. The molecule has 5 N–H and O–H groups in total. The number of benzene rings is 1. The van der Waals surface area contributed by atoms with Crippen molar-refractivity contribution in [2.75, 3.05) is 11.5 Å². The number of carbonyl (C=O) groups is 1. The van der Waals surface area contributed by atoms with Crippen molar-refractivity contribution in [2.24, 2.45) is 0 Å². The van der Waals surface area contributed by atoms with Crippen molar-refractivity contribution < 1.29 is 4.79 Å². The van der Waals surface area contributed by atoms with Gasteiger partial charge in [0.2, 0.25) is 0 Å². The van der Waals surface area contributed by atoms with Crippen LogP contribution >= 0.6 is 34.8 Å². The molecule has 0 aliphatic rings. The van der Waals surface area contributed by atoms with Gasteiger partial charge in [0.15, 0.2) is 17.3 Å². The summed E-state index contributed by atoms with van der Waals surface area (Å²) in [5.74, 6) is -0.520. The van der Waals surface area contributed by atoms with E-state index < -0.39 is 5.91 Å². The average molecular weight is 375 g/mol. The molecule has 1 amide bonds. The third-order valence-electron chi connectivity index (χ3n) is 2.83. The molecule has 0 atom stereocenters. The fourth-order valence-corrected chi connectivity index (χ4v) is 2.58. The van der Waals surface area contributed by atoms with E-state index in [1.165, 1.54) is 12.1 Å². The Balaban J connectivity index is 2.63. The van der Waals surface area contributed by atoms with Crippen molar-refractivity contribution in [3.63, 3.8) is 0 Å². The first-order valence-electron chi connectivity index (χ1n) is 6.59. The molecule has 1 heterocycles. The van der Waals surface area contributed by atoms with E-state index in [0.717, 1.165) is 0 Å². The molecule has 0 aliphatic carbocycles. The second-order valence-electron chi connectivity index (χ2n) is 5.07. The molecule has 0 saturated heterocycles. The van der Waals surface area contributed by atoms with Crippen LogP contribution in [0.4, 0.5) is 11.6 Å². The van der Waals surface area contributed by atoms with E-state index in [1.807, 2.05) is 13.8 Å². The highest BCUT2D eigenvalue weighted by Gasteiger charge is 2.20. The minimum absolute atomic E-state index is 0.0174. The lowest BCUT2D eigenvalue weighted by Gasteiger charge is -2.13. The fraction of sp³-hybridized carbons (Fsp3) is 0.214. The van der Waals surface area contributed by atoms with E-state index in [0.29, 0.717) is 10.6 Å². The van der Waals surface area contributed by atoms with Crippen molar-refractivity contribution in [1.29, 1.82) is 0 Å². The largest absolute Gasteiger partial charge is 0.382 e. The number of nitrogens with two attached hydrogens (primary N) is 2. The Morgan fingerprint density at radius 1 is 1.13 bits per heavy atom. The van der Waals surface area contributed by atoms with Gasteiger partial charge in [-0.15, -0.1) is 0 Å². The number of hydrogen-bond donors (Lipinski definition) is 3. The van der Waals surface area contributed by atoms with Gasteiger partial charge in [-0.2, -0.15) is 0 Å². The van der Waals surface area contributed by atoms with Crippen LogP contribution in [-0.2, 0) is 0 Å². The Hall–Kier alpha value is -1.76. The standard InChI is InChI=1S/C14H14Cl3N5O/c1-5(2)20-14(23)11-13(19)22-12(18)10(21-11)7-3-6(15)4-8(16)9(7)17/h3-5H,1-2H3,(H,20,23)(H4,18,19,22). The summed E-state index contributed by atoms with van der Waals surface area (Å²) < 4.78 is 0. The first-order chi connectivity index (χ1) is 10.7. The highest BCUT2D eigenvalue weighted by Crippen LogP contribution is 2.37. The Morgan fingerprint density at radius 3 is 2.39 bits per heavy atom. The third kappa shape index (κ3) is 3.77. The normalized spacial score (nSPS) is 10.9. The topological polar surface area (TPSA) is 107 Å². The molecule has 0 bridgehead atoms. The summed E-state index contributed by atoms with van der Waals surface area (Å²) in [6.45, 7) is 3.63. The molecule has 1 aromatic heterocycles. The number of nitrogen functional groups attached to an aromatic ring is 2. The van der Waals surface area contributed by atoms with Gasteiger partial charge in [0.05, 0.1) is 10.0 Å². The lowest BCUT2D eigenvalue weighted by molar-refractivity contribution is 0.0939. The van der Waals surface area contributed by atoms with Gasteiger partial charge in [0.25, 0.3) is 5.91 Å². The maximum absolute atomic E-state index is 12.2. The summed E-state index contributed by atoms with van der Waals surface area (Å²) in [4.78, 5) is 20.3. The average Bonchev–Trinajstić information content (AvgIpc) is 2.42. The van der Waals surface area contributed by atoms with Crippen molar-refractivity contribution in [3.8, 4) is 11.3 Å². The van der Waals surface area contributed by atoms with Crippen molar-refractivity contribution in [3.05, 3.63) is 32.9 Å². The summed E-state index contributed by atoms with van der Waals surface area (Å²) in [7, 11) is 0. The molecule has 0 radical (unpaired) electrons. The third-order valence-corrected chi connectivity index (χ3v) is 3.85. The number of halogens is 3. The maximum atomic E-state index is 12.2. The first kappa shape index (κ1) is 17.6. The number of aromatic nitrogens is 2. The van der Waals surface area contributed by atoms with Gasteiger partial charge in [-0.3, -0.25) is 4.79 Å². The number of anilines is 2. The lowest BCUT2D eigenvalue weighted by Crippen LogP contribution is -2.32. The molecule has 6 nitrogen and oxygen atoms in total. The minimum atomic E-state index is -0.463. The lowest BCUT2D eigenvalue weighted by atomic mass is 10.1. The zero-order valence-corrected chi connectivity index (χ0v) is 14.6. The summed E-state index contributed by atoms with van der Waals surface area (Å²) in [5.41, 5.74) is 12.1. The number of nitrogens with zero attached hydrogens (tertiary/aromatic N) is 2. The van der Waals surface area contributed by atoms with Crippen LogP contribution in [0.1, 0.15) is 24.3 Å². The van der Waals surface area contributed by atoms with E-state index in [2.05, 4.69) is 15.3 Å². The minimum Gasteiger partial charge on any atom is -0.382 e. The molecule has 9 heteroatoms. The molecule has 0 spiro atoms. The van der Waals surface area contributed by atoms with Gasteiger partial charge < -0.3 is 16.8 Å². The first-order valence-corrected chi connectivity index (χ1v) is 7.72. The van der Waals surface area contributed by atoms with Gasteiger partial charge >= 0.3 is 0 Å². The van der Waals surface area contributed by atoms with Crippen LogP contribution < -0.4 is 16.8 Å². The maximum Gasteiger partial charge on any atom is 0.273 e. The smallest absolute Gasteiger partial charge is 0.273 e. The number of amides is 1. The van der Waals surface area contributed by atoms with E-state index in [1.54, 1.807) is 0 Å². The number of nitrogens with one attached hydrogen (secondary N) is 1. The van der Waals surface area contributed by atoms with Crippen LogP contribution in [0.5, 0.6) is 0 Å². The molecule has 0 fully saturated rings. The summed E-state index contributed by atoms with van der Waals surface area (Å²) in [5, 5.41) is 3.48. The molecule has 2 rings (SSSR count). The zero-order chi connectivity index (χ0) is 17.3. The Kier molecular flexibility index (Phi) is 5.19. The van der Waals surface area contributed by atoms with Gasteiger partial charge in [-0.1, -0.05) is 34.8 Å². The van der Waals surface area contributed by atoms with E-state index in [-0.39, 0.29) is 39.1 Å². The fourth-order valence-electron chi connectivity index (χ4n) is 1.89. The molecular formula is C14H14Cl3N5O. The summed E-state index contributed by atoms with van der Waals surface area (Å²) >= 11 is 18.2. The van der Waals surface area contributed by atoms with Crippen LogP contribution in [0.3, 0.4) is 0 Å². The van der Waals surface area contributed by atoms with Crippen molar-refractivity contribution in [2.45, 2.75) is 19.9 Å². The zero-order valence-electron chi connectivity index (χ0n) is 12.3. The Labute approximate surface area is 148 Å². The Morgan fingerprint density at radius 2 is 1.78 bits per heavy atom. The Bertz CT molecular complexity index is 779. The van der Waals surface area contributed by atoms with E-state index in [4.69, 9.17) is 46.3 Å². The van der Waals surface area contributed by atoms with Gasteiger partial charge in [-0.25, -0.2) is 9.97 Å². The highest BCUT2D eigenvalue weighted by atomic mass is 35.5. The molecule has 0 saturated carbocycles. The van der Waals surface area contributed by atoms with Crippen LogP contribution in [0, 0.1) is 0 Å². The van der Waals surface area contributed by atoms with Gasteiger partial charge in [-0.05, 0) is 26.0 Å². The highest BCUT2D eigenvalue weighted by molar-refractivity contribution is 6.45. The van der Waals surface area contributed by atoms with Gasteiger partial charge in [0, 0.05) is 16.6 Å². The van der Waals surface area contributed by atoms with Crippen LogP contribution in [0.2, 0.25) is 15.1 Å². The van der Waals surface area contributed by atoms with E-state index in [9.17, 15) is 4.79 Å². The summed E-state index contributed by atoms with van der Waals surface area (Å²) in [6, 6.07) is 2.94. The van der Waals surface area contributed by atoms with Crippen molar-refractivity contribution in [1.82, 2.24) is 15.3 Å². The molecule has 1 aromatic carbocycles. The SMILES string of the molecule is CC(C)NC(=O)c1nc(-c2cc(Cl)cc(Cl)c2Cl)c(N)nc1N. The predicted molar refractivity (Wildman–Crippen MR) is 93.9 cm³/mol. The predicted octanol–water partition coefficient (Wildman–Crippen LogP) is 3.41. The molecule has 0 aliphatic heterocycles.